The summed E-state index contributed by atoms with van der Waals surface area (Å²) in [5, 5.41) is 4.95. The molecule has 25 heavy (non-hydrogen) atoms. The van der Waals surface area contributed by atoms with Crippen LogP contribution in [0.4, 0.5) is 10.1 Å². The maximum Gasteiger partial charge on any atom is 0.173 e. The molecule has 2 aromatic carbocycles. The Morgan fingerprint density at radius 2 is 1.80 bits per heavy atom. The molecule has 1 heterocycles. The Balaban J connectivity index is 1.54. The minimum Gasteiger partial charge on any atom is -0.346 e. The molecule has 3 nitrogen and oxygen atoms in total. The highest BCUT2D eigenvalue weighted by molar-refractivity contribution is 7.80. The topological polar surface area (TPSA) is 18.5 Å². The second kappa shape index (κ2) is 8.32. The smallest absolute Gasteiger partial charge is 0.173 e. The van der Waals surface area contributed by atoms with Crippen LogP contribution in [0.3, 0.4) is 0 Å². The van der Waals surface area contributed by atoms with Gasteiger partial charge in [-0.15, -0.1) is 0 Å². The van der Waals surface area contributed by atoms with E-state index in [9.17, 15) is 4.39 Å². The van der Waals surface area contributed by atoms with E-state index in [-0.39, 0.29) is 5.82 Å². The van der Waals surface area contributed by atoms with Gasteiger partial charge in [-0.2, -0.15) is 0 Å². The molecule has 1 aliphatic heterocycles. The number of nitrogens with zero attached hydrogens (tertiary/aromatic N) is 2. The molecule has 0 bridgehead atoms. The first-order chi connectivity index (χ1) is 12.0. The van der Waals surface area contributed by atoms with Crippen LogP contribution in [0.15, 0.2) is 42.5 Å². The molecule has 0 aliphatic carbocycles. The molecular weight excluding hydrogens is 380 g/mol. The Kier molecular flexibility index (Phi) is 6.12. The Morgan fingerprint density at radius 3 is 2.52 bits per heavy atom. The summed E-state index contributed by atoms with van der Waals surface area (Å²) in [5.41, 5.74) is 1.43. The molecule has 7 heteroatoms. The quantitative estimate of drug-likeness (QED) is 0.759. The lowest BCUT2D eigenvalue weighted by molar-refractivity contribution is 0.175. The van der Waals surface area contributed by atoms with Gasteiger partial charge in [0.15, 0.2) is 5.11 Å². The average Bonchev–Trinajstić information content (AvgIpc) is 2.61. The van der Waals surface area contributed by atoms with Crippen molar-refractivity contribution >= 4 is 46.2 Å². The number of hydrogen-bond donors (Lipinski definition) is 1. The van der Waals surface area contributed by atoms with Crippen molar-refractivity contribution in [1.29, 1.82) is 0 Å². The second-order valence-electron chi connectivity index (χ2n) is 5.91. The Morgan fingerprint density at radius 1 is 1.08 bits per heavy atom. The summed E-state index contributed by atoms with van der Waals surface area (Å²) in [7, 11) is 0. The molecular formula is C18H18Cl2FN3S. The van der Waals surface area contributed by atoms with Crippen molar-refractivity contribution in [2.45, 2.75) is 6.54 Å². The van der Waals surface area contributed by atoms with Crippen LogP contribution < -0.4 is 5.32 Å². The number of thiocarbonyl (C=S) groups is 1. The van der Waals surface area contributed by atoms with Crippen LogP contribution in [0.5, 0.6) is 0 Å². The van der Waals surface area contributed by atoms with Gasteiger partial charge in [-0.1, -0.05) is 41.4 Å². The predicted molar refractivity (Wildman–Crippen MR) is 106 cm³/mol. The Labute approximate surface area is 162 Å². The summed E-state index contributed by atoms with van der Waals surface area (Å²) in [4.78, 5) is 4.31. The molecule has 0 saturated carbocycles. The standard InChI is InChI=1S/C18H18Cl2FN3S/c19-14-5-6-15(20)17(11-14)22-18(25)24-9-7-23(8-10-24)12-13-3-1-2-4-16(13)21/h1-6,11H,7-10,12H2,(H,22,25). The van der Waals surface area contributed by atoms with E-state index in [4.69, 9.17) is 35.4 Å². The molecule has 0 radical (unpaired) electrons. The molecule has 1 aliphatic rings. The largest absolute Gasteiger partial charge is 0.346 e. The van der Waals surface area contributed by atoms with Gasteiger partial charge in [0.05, 0.1) is 10.7 Å². The van der Waals surface area contributed by atoms with Gasteiger partial charge >= 0.3 is 0 Å². The normalized spacial score (nSPS) is 15.2. The van der Waals surface area contributed by atoms with E-state index in [1.54, 1.807) is 24.3 Å². The summed E-state index contributed by atoms with van der Waals surface area (Å²) in [6.45, 7) is 3.80. The highest BCUT2D eigenvalue weighted by atomic mass is 35.5. The number of piperazine rings is 1. The third-order valence-electron chi connectivity index (χ3n) is 4.18. The fraction of sp³-hybridized carbons (Fsp3) is 0.278. The van der Waals surface area contributed by atoms with Crippen molar-refractivity contribution in [3.8, 4) is 0 Å². The summed E-state index contributed by atoms with van der Waals surface area (Å²) in [6.07, 6.45) is 0. The van der Waals surface area contributed by atoms with Crippen LogP contribution in [-0.2, 0) is 6.54 Å². The molecule has 0 amide bonds. The van der Waals surface area contributed by atoms with Crippen LogP contribution in [0, 0.1) is 5.82 Å². The minimum absolute atomic E-state index is 0.155. The zero-order chi connectivity index (χ0) is 17.8. The van der Waals surface area contributed by atoms with Crippen molar-refractivity contribution in [2.24, 2.45) is 0 Å². The van der Waals surface area contributed by atoms with Crippen molar-refractivity contribution < 1.29 is 4.39 Å². The van der Waals surface area contributed by atoms with Gasteiger partial charge in [0.2, 0.25) is 0 Å². The first kappa shape index (κ1) is 18.4. The molecule has 0 atom stereocenters. The SMILES string of the molecule is Fc1ccccc1CN1CCN(C(=S)Nc2cc(Cl)ccc2Cl)CC1. The lowest BCUT2D eigenvalue weighted by atomic mass is 10.2. The zero-order valence-electron chi connectivity index (χ0n) is 13.5. The molecule has 2 aromatic rings. The molecule has 132 valence electrons. The Bertz CT molecular complexity index is 764. The number of anilines is 1. The summed E-state index contributed by atoms with van der Waals surface area (Å²) >= 11 is 17.6. The van der Waals surface area contributed by atoms with Crippen molar-refractivity contribution in [3.63, 3.8) is 0 Å². The van der Waals surface area contributed by atoms with E-state index >= 15 is 0 Å². The van der Waals surface area contributed by atoms with Crippen LogP contribution in [0.2, 0.25) is 10.0 Å². The van der Waals surface area contributed by atoms with Gasteiger partial charge < -0.3 is 10.2 Å². The van der Waals surface area contributed by atoms with E-state index in [1.807, 2.05) is 12.1 Å². The fourth-order valence-electron chi connectivity index (χ4n) is 2.76. The number of rotatable bonds is 3. The molecule has 1 N–H and O–H groups in total. The number of halogens is 3. The summed E-state index contributed by atoms with van der Waals surface area (Å²) in [6, 6.07) is 12.1. The fourth-order valence-corrected chi connectivity index (χ4v) is 3.39. The van der Waals surface area contributed by atoms with E-state index in [2.05, 4.69) is 15.1 Å². The molecule has 3 rings (SSSR count). The summed E-state index contributed by atoms with van der Waals surface area (Å²) in [5.74, 6) is -0.155. The zero-order valence-corrected chi connectivity index (χ0v) is 15.8. The third kappa shape index (κ3) is 4.82. The third-order valence-corrected chi connectivity index (χ3v) is 5.11. The molecule has 1 saturated heterocycles. The Hall–Kier alpha value is -1.40. The first-order valence-electron chi connectivity index (χ1n) is 7.99. The van der Waals surface area contributed by atoms with E-state index in [0.29, 0.717) is 27.4 Å². The lowest BCUT2D eigenvalue weighted by Gasteiger charge is -2.36. The van der Waals surface area contributed by atoms with E-state index in [0.717, 1.165) is 31.7 Å². The van der Waals surface area contributed by atoms with Crippen LogP contribution in [0.1, 0.15) is 5.56 Å². The number of nitrogens with one attached hydrogen (secondary N) is 1. The summed E-state index contributed by atoms with van der Waals surface area (Å²) < 4.78 is 13.8. The first-order valence-corrected chi connectivity index (χ1v) is 9.16. The second-order valence-corrected chi connectivity index (χ2v) is 7.14. The molecule has 0 spiro atoms. The number of hydrogen-bond acceptors (Lipinski definition) is 2. The van der Waals surface area contributed by atoms with Gasteiger partial charge in [-0.05, 0) is 36.5 Å². The molecule has 1 fully saturated rings. The molecule has 0 aromatic heterocycles. The maximum atomic E-state index is 13.8. The monoisotopic (exact) mass is 397 g/mol. The van der Waals surface area contributed by atoms with E-state index < -0.39 is 0 Å². The van der Waals surface area contributed by atoms with Crippen molar-refractivity contribution in [1.82, 2.24) is 9.80 Å². The highest BCUT2D eigenvalue weighted by Crippen LogP contribution is 2.26. The average molecular weight is 398 g/mol. The van der Waals surface area contributed by atoms with Crippen LogP contribution in [-0.4, -0.2) is 41.1 Å². The number of benzene rings is 2. The highest BCUT2D eigenvalue weighted by Gasteiger charge is 2.20. The van der Waals surface area contributed by atoms with Gasteiger partial charge in [0.25, 0.3) is 0 Å². The lowest BCUT2D eigenvalue weighted by Crippen LogP contribution is -2.49. The maximum absolute atomic E-state index is 13.8. The van der Waals surface area contributed by atoms with E-state index in [1.165, 1.54) is 6.07 Å². The molecule has 0 unspecified atom stereocenters. The van der Waals surface area contributed by atoms with Crippen molar-refractivity contribution in [2.75, 3.05) is 31.5 Å². The predicted octanol–water partition coefficient (Wildman–Crippen LogP) is 4.65. The van der Waals surface area contributed by atoms with Gasteiger partial charge in [-0.25, -0.2) is 4.39 Å². The minimum atomic E-state index is -0.155. The van der Waals surface area contributed by atoms with Crippen LogP contribution >= 0.6 is 35.4 Å². The van der Waals surface area contributed by atoms with Gasteiger partial charge in [-0.3, -0.25) is 4.90 Å². The van der Waals surface area contributed by atoms with Gasteiger partial charge in [0, 0.05) is 43.3 Å². The van der Waals surface area contributed by atoms with Crippen LogP contribution in [0.25, 0.3) is 0 Å². The van der Waals surface area contributed by atoms with Crippen molar-refractivity contribution in [3.05, 3.63) is 63.9 Å². The van der Waals surface area contributed by atoms with Gasteiger partial charge in [0.1, 0.15) is 5.82 Å².